The molecule has 0 amide bonds. The lowest BCUT2D eigenvalue weighted by Crippen LogP contribution is -2.14. The normalized spacial score (nSPS) is 21.5. The van der Waals surface area contributed by atoms with E-state index in [0.29, 0.717) is 11.8 Å². The van der Waals surface area contributed by atoms with Crippen molar-refractivity contribution >= 4 is 15.9 Å². The van der Waals surface area contributed by atoms with E-state index in [-0.39, 0.29) is 19.3 Å². The van der Waals surface area contributed by atoms with Gasteiger partial charge in [0.05, 0.1) is 43.0 Å². The van der Waals surface area contributed by atoms with Gasteiger partial charge in [0.15, 0.2) is 0 Å². The second kappa shape index (κ2) is 12.4. The third-order valence-electron chi connectivity index (χ3n) is 8.75. The van der Waals surface area contributed by atoms with Crippen LogP contribution in [0.25, 0.3) is 33.6 Å². The summed E-state index contributed by atoms with van der Waals surface area (Å²) in [7, 11) is 0. The second-order valence-electron chi connectivity index (χ2n) is 11.2. The Morgan fingerprint density at radius 3 is 1.98 bits per heavy atom. The molecule has 3 atom stereocenters. The highest BCUT2D eigenvalue weighted by molar-refractivity contribution is 9.09. The predicted molar refractivity (Wildman–Crippen MR) is 162 cm³/mol. The molecule has 1 saturated heterocycles. The van der Waals surface area contributed by atoms with Crippen LogP contribution in [-0.2, 0) is 13.2 Å². The van der Waals surface area contributed by atoms with Crippen LogP contribution in [0, 0.1) is 5.92 Å². The maximum atomic E-state index is 10.3. The molecular weight excluding hydrogens is 566 g/mol. The number of benzene rings is 2. The number of aromatic nitrogens is 4. The number of H-pyrrole nitrogens is 2. The first-order valence-electron chi connectivity index (χ1n) is 14.6. The third kappa shape index (κ3) is 5.55. The molecule has 2 aliphatic rings. The van der Waals surface area contributed by atoms with Crippen LogP contribution in [0.15, 0.2) is 48.8 Å². The van der Waals surface area contributed by atoms with E-state index in [4.69, 9.17) is 4.98 Å². The Bertz CT molecular complexity index is 1440. The van der Waals surface area contributed by atoms with Crippen LogP contribution in [0.2, 0.25) is 0 Å². The highest BCUT2D eigenvalue weighted by atomic mass is 79.9. The van der Waals surface area contributed by atoms with Gasteiger partial charge in [-0.15, -0.1) is 0 Å². The summed E-state index contributed by atoms with van der Waals surface area (Å²) in [6, 6.07) is 12.5. The number of aromatic amines is 2. The number of hydrogen-bond acceptors (Lipinski definition) is 5. The fourth-order valence-corrected chi connectivity index (χ4v) is 7.26. The lowest BCUT2D eigenvalue weighted by Gasteiger charge is -2.21. The van der Waals surface area contributed by atoms with Gasteiger partial charge in [0.1, 0.15) is 11.6 Å². The molecule has 0 bridgehead atoms. The fourth-order valence-electron chi connectivity index (χ4n) is 6.49. The SMILES string of the molecule is OCc1cc(-c2cnc(C3CCCN3)[nH]2)ccc1-c1ccc(-c2cnc(C3CCCCCC3CBr)[nH]2)cc1CO. The molecule has 1 aliphatic carbocycles. The van der Waals surface area contributed by atoms with E-state index in [1.54, 1.807) is 0 Å². The van der Waals surface area contributed by atoms with Crippen molar-refractivity contribution in [1.29, 1.82) is 0 Å². The first-order chi connectivity index (χ1) is 19.7. The zero-order chi connectivity index (χ0) is 27.5. The number of aliphatic hydroxyl groups is 2. The minimum atomic E-state index is -0.0962. The highest BCUT2D eigenvalue weighted by Crippen LogP contribution is 2.38. The van der Waals surface area contributed by atoms with Crippen molar-refractivity contribution in [3.05, 3.63) is 71.6 Å². The summed E-state index contributed by atoms with van der Waals surface area (Å²) in [4.78, 5) is 16.5. The lowest BCUT2D eigenvalue weighted by molar-refractivity contribution is 0.280. The van der Waals surface area contributed by atoms with Crippen molar-refractivity contribution in [3.63, 3.8) is 0 Å². The monoisotopic (exact) mass is 603 g/mol. The summed E-state index contributed by atoms with van der Waals surface area (Å²) in [6.07, 6.45) is 12.3. The van der Waals surface area contributed by atoms with E-state index in [1.165, 1.54) is 32.1 Å². The summed E-state index contributed by atoms with van der Waals surface area (Å²) < 4.78 is 0. The van der Waals surface area contributed by atoms with Crippen LogP contribution >= 0.6 is 15.9 Å². The molecule has 2 fully saturated rings. The third-order valence-corrected chi connectivity index (χ3v) is 9.58. The molecule has 4 aromatic rings. The van der Waals surface area contributed by atoms with E-state index in [2.05, 4.69) is 48.3 Å². The fraction of sp³-hybridized carbons (Fsp3) is 0.438. The maximum Gasteiger partial charge on any atom is 0.123 e. The Kier molecular flexibility index (Phi) is 8.48. The number of hydrogen-bond donors (Lipinski definition) is 5. The number of nitrogens with zero attached hydrogens (tertiary/aromatic N) is 2. The van der Waals surface area contributed by atoms with E-state index in [9.17, 15) is 10.2 Å². The summed E-state index contributed by atoms with van der Waals surface area (Å²) in [5, 5.41) is 25.1. The Morgan fingerprint density at radius 1 is 0.750 bits per heavy atom. The molecule has 6 rings (SSSR count). The minimum absolute atomic E-state index is 0.0939. The zero-order valence-corrected chi connectivity index (χ0v) is 24.4. The maximum absolute atomic E-state index is 10.3. The Balaban J connectivity index is 1.27. The Morgan fingerprint density at radius 2 is 1.38 bits per heavy atom. The number of aliphatic hydroxyl groups excluding tert-OH is 2. The van der Waals surface area contributed by atoms with Crippen molar-refractivity contribution in [1.82, 2.24) is 25.3 Å². The molecule has 1 aliphatic heterocycles. The quantitative estimate of drug-likeness (QED) is 0.115. The Hall–Kier alpha value is -2.78. The van der Waals surface area contributed by atoms with Gasteiger partial charge in [-0.25, -0.2) is 9.97 Å². The molecule has 2 aromatic carbocycles. The molecule has 2 aromatic heterocycles. The van der Waals surface area contributed by atoms with Gasteiger partial charge in [-0.1, -0.05) is 59.5 Å². The molecule has 40 heavy (non-hydrogen) atoms. The average Bonchev–Trinajstić information content (AvgIpc) is 3.77. The largest absolute Gasteiger partial charge is 0.392 e. The number of rotatable bonds is 8. The van der Waals surface area contributed by atoms with Gasteiger partial charge in [-0.3, -0.25) is 0 Å². The standard InChI is InChI=1S/C32H38BrN5O2/c33-15-22-5-2-1-3-6-27(22)31-35-16-29(37-31)20-8-10-25(23(13-20)18-39)26-11-9-21(14-24(26)19-40)30-17-36-32(38-30)28-7-4-12-34-28/h8-11,13-14,16-17,22,27-28,34,39-40H,1-7,12,15,18-19H2,(H,35,37)(H,36,38). The van der Waals surface area contributed by atoms with E-state index in [0.717, 1.165) is 81.1 Å². The summed E-state index contributed by atoms with van der Waals surface area (Å²) in [5.41, 5.74) is 7.37. The number of alkyl halides is 1. The van der Waals surface area contributed by atoms with Crippen LogP contribution in [0.5, 0.6) is 0 Å². The highest BCUT2D eigenvalue weighted by Gasteiger charge is 2.27. The van der Waals surface area contributed by atoms with Crippen molar-refractivity contribution in [3.8, 4) is 33.6 Å². The lowest BCUT2D eigenvalue weighted by atomic mass is 9.89. The molecule has 1 saturated carbocycles. The van der Waals surface area contributed by atoms with Crippen molar-refractivity contribution < 1.29 is 10.2 Å². The molecular formula is C32H38BrN5O2. The van der Waals surface area contributed by atoms with Crippen molar-refractivity contribution in [2.75, 3.05) is 11.9 Å². The predicted octanol–water partition coefficient (Wildman–Crippen LogP) is 6.60. The van der Waals surface area contributed by atoms with E-state index < -0.39 is 0 Å². The molecule has 3 unspecified atom stereocenters. The zero-order valence-electron chi connectivity index (χ0n) is 22.8. The molecule has 8 heteroatoms. The smallest absolute Gasteiger partial charge is 0.123 e. The number of imidazole rings is 2. The molecule has 5 N–H and O–H groups in total. The van der Waals surface area contributed by atoms with E-state index >= 15 is 0 Å². The van der Waals surface area contributed by atoms with Crippen LogP contribution in [0.3, 0.4) is 0 Å². The van der Waals surface area contributed by atoms with Crippen LogP contribution in [0.4, 0.5) is 0 Å². The van der Waals surface area contributed by atoms with Crippen molar-refractivity contribution in [2.24, 2.45) is 5.92 Å². The summed E-state index contributed by atoms with van der Waals surface area (Å²) in [5.74, 6) is 3.08. The first-order valence-corrected chi connectivity index (χ1v) is 15.7. The molecule has 0 spiro atoms. The van der Waals surface area contributed by atoms with Gasteiger partial charge in [-0.2, -0.15) is 0 Å². The van der Waals surface area contributed by atoms with Gasteiger partial charge < -0.3 is 25.5 Å². The molecule has 7 nitrogen and oxygen atoms in total. The van der Waals surface area contributed by atoms with Gasteiger partial charge in [0.25, 0.3) is 0 Å². The molecule has 0 radical (unpaired) electrons. The minimum Gasteiger partial charge on any atom is -0.392 e. The van der Waals surface area contributed by atoms with Gasteiger partial charge >= 0.3 is 0 Å². The van der Waals surface area contributed by atoms with E-state index in [1.807, 2.05) is 36.7 Å². The molecule has 210 valence electrons. The topological polar surface area (TPSA) is 110 Å². The summed E-state index contributed by atoms with van der Waals surface area (Å²) >= 11 is 3.73. The second-order valence-corrected chi connectivity index (χ2v) is 11.9. The Labute approximate surface area is 244 Å². The number of halogens is 1. The molecule has 3 heterocycles. The van der Waals surface area contributed by atoms with Crippen LogP contribution < -0.4 is 5.32 Å². The van der Waals surface area contributed by atoms with Crippen LogP contribution in [0.1, 0.15) is 79.7 Å². The summed E-state index contributed by atoms with van der Waals surface area (Å²) in [6.45, 7) is 0.833. The van der Waals surface area contributed by atoms with Gasteiger partial charge in [-0.05, 0) is 83.7 Å². The average molecular weight is 605 g/mol. The van der Waals surface area contributed by atoms with Gasteiger partial charge in [0.2, 0.25) is 0 Å². The number of nitrogens with one attached hydrogen (secondary N) is 3. The first kappa shape index (κ1) is 27.4. The van der Waals surface area contributed by atoms with Crippen LogP contribution in [-0.4, -0.2) is 42.0 Å². The van der Waals surface area contributed by atoms with Crippen molar-refractivity contribution in [2.45, 2.75) is 70.1 Å². The van der Waals surface area contributed by atoms with Gasteiger partial charge in [0, 0.05) is 11.2 Å².